The van der Waals surface area contributed by atoms with Crippen LogP contribution in [0.15, 0.2) is 0 Å². The van der Waals surface area contributed by atoms with Crippen molar-refractivity contribution in [1.29, 1.82) is 0 Å². The summed E-state index contributed by atoms with van der Waals surface area (Å²) in [6, 6.07) is 0. The molecule has 4 rings (SSSR count). The maximum atomic E-state index is 4.31. The van der Waals surface area contributed by atoms with Crippen LogP contribution in [0.3, 0.4) is 0 Å². The lowest BCUT2D eigenvalue weighted by atomic mass is 11.6. The van der Waals surface area contributed by atoms with Crippen LogP contribution in [0.5, 0.6) is 0 Å². The van der Waals surface area contributed by atoms with Crippen molar-refractivity contribution in [1.82, 2.24) is 0 Å². The predicted molar refractivity (Wildman–Crippen MR) is 78.4 cm³/mol. The zero-order valence-corrected chi connectivity index (χ0v) is 15.2. The SMILES string of the molecule is C[Si]12C[Si]3(C)C[Si](C)(C1)C[Si](Br)(C2)C3. The molecule has 0 amide bonds. The van der Waals surface area contributed by atoms with Crippen LogP contribution in [-0.4, -0.2) is 30.9 Å². The molecule has 4 fully saturated rings. The molecule has 4 heterocycles. The van der Waals surface area contributed by atoms with Crippen LogP contribution in [0.1, 0.15) is 0 Å². The highest BCUT2D eigenvalue weighted by atomic mass is 79.9. The molecule has 0 atom stereocenters. The summed E-state index contributed by atoms with van der Waals surface area (Å²) >= 11 is 4.31. The highest BCUT2D eigenvalue weighted by Gasteiger charge is 2.66. The first-order valence-electron chi connectivity index (χ1n) is 5.93. The van der Waals surface area contributed by atoms with Crippen molar-refractivity contribution in [3.8, 4) is 0 Å². The van der Waals surface area contributed by atoms with E-state index in [1.807, 2.05) is 17.0 Å². The van der Waals surface area contributed by atoms with E-state index in [2.05, 4.69) is 34.9 Å². The zero-order valence-electron chi connectivity index (χ0n) is 9.62. The Balaban J connectivity index is 2.08. The number of hydrogen-bond donors (Lipinski definition) is 0. The lowest BCUT2D eigenvalue weighted by Crippen LogP contribution is -2.74. The highest BCUT2D eigenvalue weighted by Crippen LogP contribution is 2.61. The summed E-state index contributed by atoms with van der Waals surface area (Å²) in [6.07, 6.45) is 0. The Morgan fingerprint density at radius 1 is 0.643 bits per heavy atom. The summed E-state index contributed by atoms with van der Waals surface area (Å²) in [5, 5.41) is 0. The summed E-state index contributed by atoms with van der Waals surface area (Å²) in [5.74, 6) is 0. The van der Waals surface area contributed by atoms with E-state index in [0.29, 0.717) is 0 Å². The fourth-order valence-corrected chi connectivity index (χ4v) is 87.0. The standard InChI is InChI=1S/C9H21BrSi4/c1-11-4-12(2)6-13(3,5-11)9-14(10,7-11)8-12/h4-9H2,1-3H3. The first-order chi connectivity index (χ1) is 6.24. The van der Waals surface area contributed by atoms with Gasteiger partial charge in [-0.3, -0.25) is 0 Å². The number of halogens is 1. The molecule has 0 aromatic heterocycles. The van der Waals surface area contributed by atoms with Crippen molar-refractivity contribution in [3.63, 3.8) is 0 Å². The summed E-state index contributed by atoms with van der Waals surface area (Å²) in [4.78, 5) is 0. The summed E-state index contributed by atoms with van der Waals surface area (Å²) in [7, 11) is -2.04. The van der Waals surface area contributed by atoms with Gasteiger partial charge < -0.3 is 0 Å². The molecule has 0 aromatic carbocycles. The smallest absolute Gasteiger partial charge is 0.122 e. The minimum Gasteiger partial charge on any atom is -0.127 e. The van der Waals surface area contributed by atoms with Gasteiger partial charge in [-0.25, -0.2) is 0 Å². The largest absolute Gasteiger partial charge is 0.127 e. The van der Waals surface area contributed by atoms with E-state index in [9.17, 15) is 0 Å². The third-order valence-corrected chi connectivity index (χ3v) is 50.7. The van der Waals surface area contributed by atoms with Crippen LogP contribution in [0, 0.1) is 0 Å². The highest BCUT2D eigenvalue weighted by molar-refractivity contribution is 9.26. The average molecular weight is 322 g/mol. The van der Waals surface area contributed by atoms with Crippen molar-refractivity contribution >= 4 is 46.2 Å². The first-order valence-corrected chi connectivity index (χ1v) is 20.2. The van der Waals surface area contributed by atoms with Gasteiger partial charge >= 0.3 is 0 Å². The van der Waals surface area contributed by atoms with Gasteiger partial charge in [-0.1, -0.05) is 53.6 Å². The molecule has 0 unspecified atom stereocenters. The van der Waals surface area contributed by atoms with Crippen molar-refractivity contribution < 1.29 is 0 Å². The van der Waals surface area contributed by atoms with Gasteiger partial charge in [0.25, 0.3) is 0 Å². The number of hydrogen-bond acceptors (Lipinski definition) is 0. The normalized spacial score (nSPS) is 66.0. The van der Waals surface area contributed by atoms with Gasteiger partial charge in [0, 0.05) is 24.2 Å². The summed E-state index contributed by atoms with van der Waals surface area (Å²) in [6.45, 7) is 7.48. The quantitative estimate of drug-likeness (QED) is 0.470. The van der Waals surface area contributed by atoms with E-state index in [0.717, 1.165) is 0 Å². The lowest BCUT2D eigenvalue weighted by molar-refractivity contribution is 1.20. The van der Waals surface area contributed by atoms with Crippen LogP contribution in [-0.2, 0) is 0 Å². The van der Waals surface area contributed by atoms with Gasteiger partial charge in [0.2, 0.25) is 0 Å². The fraction of sp³-hybridized carbons (Fsp3) is 1.00. The second-order valence-electron chi connectivity index (χ2n) is 7.64. The minimum atomic E-state index is -0.819. The van der Waals surface area contributed by atoms with Crippen molar-refractivity contribution in [2.24, 2.45) is 0 Å². The zero-order chi connectivity index (χ0) is 10.2. The van der Waals surface area contributed by atoms with E-state index in [4.69, 9.17) is 0 Å². The van der Waals surface area contributed by atoms with Crippen molar-refractivity contribution in [2.45, 2.75) is 53.6 Å². The molecule has 80 valence electrons. The van der Waals surface area contributed by atoms with Gasteiger partial charge in [-0.15, -0.1) is 15.3 Å². The van der Waals surface area contributed by atoms with Crippen LogP contribution in [0.25, 0.3) is 0 Å². The van der Waals surface area contributed by atoms with Crippen LogP contribution >= 0.6 is 15.3 Å². The van der Waals surface area contributed by atoms with Gasteiger partial charge in [-0.05, 0) is 0 Å². The molecule has 4 aliphatic rings. The molecule has 5 heteroatoms. The van der Waals surface area contributed by atoms with Crippen LogP contribution in [0.2, 0.25) is 53.6 Å². The third-order valence-electron chi connectivity index (χ3n) is 4.79. The molecule has 0 radical (unpaired) electrons. The predicted octanol–water partition coefficient (Wildman–Crippen LogP) is 3.84. The maximum absolute atomic E-state index is 4.31. The average Bonchev–Trinajstić information content (AvgIpc) is 1.67. The third kappa shape index (κ3) is 1.46. The fourth-order valence-electron chi connectivity index (χ4n) is 6.14. The first kappa shape index (κ1) is 10.5. The molecule has 4 saturated heterocycles. The molecule has 0 saturated carbocycles. The molecule has 4 bridgehead atoms. The molecule has 0 spiro atoms. The minimum absolute atomic E-state index is 0.679. The lowest BCUT2D eigenvalue weighted by Gasteiger charge is -2.64. The van der Waals surface area contributed by atoms with Crippen molar-refractivity contribution in [3.05, 3.63) is 0 Å². The molecule has 0 aromatic rings. The molecule has 0 aliphatic carbocycles. The summed E-state index contributed by atoms with van der Waals surface area (Å²) < 4.78 is 0. The van der Waals surface area contributed by atoms with Crippen LogP contribution in [0.4, 0.5) is 0 Å². The van der Waals surface area contributed by atoms with E-state index >= 15 is 0 Å². The number of rotatable bonds is 0. The van der Waals surface area contributed by atoms with Gasteiger partial charge in [0.1, 0.15) is 6.69 Å². The van der Waals surface area contributed by atoms with Gasteiger partial charge in [-0.2, -0.15) is 0 Å². The summed E-state index contributed by atoms with van der Waals surface area (Å²) in [5.41, 5.74) is 10.8. The maximum Gasteiger partial charge on any atom is 0.122 e. The molecule has 4 aliphatic heterocycles. The van der Waals surface area contributed by atoms with Crippen molar-refractivity contribution in [2.75, 3.05) is 0 Å². The second-order valence-corrected chi connectivity index (χ2v) is 34.3. The molecule has 14 heavy (non-hydrogen) atoms. The van der Waals surface area contributed by atoms with E-state index in [-0.39, 0.29) is 0 Å². The topological polar surface area (TPSA) is 0 Å². The molecular formula is C9H21BrSi4. The van der Waals surface area contributed by atoms with E-state index < -0.39 is 30.9 Å². The Morgan fingerprint density at radius 3 is 1.14 bits per heavy atom. The van der Waals surface area contributed by atoms with E-state index in [1.54, 1.807) is 17.0 Å². The monoisotopic (exact) mass is 320 g/mol. The molecule has 0 N–H and O–H groups in total. The molecule has 0 nitrogen and oxygen atoms in total. The van der Waals surface area contributed by atoms with Crippen LogP contribution < -0.4 is 0 Å². The van der Waals surface area contributed by atoms with Gasteiger partial charge in [0.05, 0.1) is 0 Å². The second kappa shape index (κ2) is 2.60. The van der Waals surface area contributed by atoms with E-state index in [1.165, 1.54) is 0 Å². The Bertz CT molecular complexity index is 210. The van der Waals surface area contributed by atoms with Gasteiger partial charge in [0.15, 0.2) is 0 Å². The Kier molecular flexibility index (Phi) is 1.95. The Labute approximate surface area is 99.5 Å². The molecular weight excluding hydrogens is 300 g/mol. The Hall–Kier alpha value is 1.35. The Morgan fingerprint density at radius 2 is 0.929 bits per heavy atom.